The molecule has 1 saturated carbocycles. The molecule has 1 aliphatic rings. The van der Waals surface area contributed by atoms with Gasteiger partial charge in [0, 0.05) is 6.04 Å². The summed E-state index contributed by atoms with van der Waals surface area (Å²) < 4.78 is 1.31. The van der Waals surface area contributed by atoms with Gasteiger partial charge >= 0.3 is 0 Å². The van der Waals surface area contributed by atoms with Gasteiger partial charge in [-0.05, 0) is 18.3 Å². The number of halogens is 1. The van der Waals surface area contributed by atoms with Gasteiger partial charge in [-0.25, -0.2) is 4.68 Å². The van der Waals surface area contributed by atoms with Crippen LogP contribution in [-0.2, 0) is 6.54 Å². The molecule has 1 aromatic rings. The van der Waals surface area contributed by atoms with Crippen molar-refractivity contribution >= 4 is 17.3 Å². The van der Waals surface area contributed by atoms with Crippen molar-refractivity contribution < 1.29 is 0 Å². The highest BCUT2D eigenvalue weighted by Gasteiger charge is 2.27. The minimum Gasteiger partial charge on any atom is -0.379 e. The molecule has 0 spiro atoms. The number of nitrogens with zero attached hydrogens (tertiary/aromatic N) is 2. The monoisotopic (exact) mass is 295 g/mol. The van der Waals surface area contributed by atoms with Gasteiger partial charge in [0.25, 0.3) is 5.56 Å². The zero-order chi connectivity index (χ0) is 14.7. The van der Waals surface area contributed by atoms with Gasteiger partial charge in [0.2, 0.25) is 0 Å². The number of aromatic nitrogens is 2. The Hall–Kier alpha value is -1.29. The van der Waals surface area contributed by atoms with Crippen LogP contribution in [0.4, 0.5) is 5.69 Å². The van der Waals surface area contributed by atoms with Crippen LogP contribution in [-0.4, -0.2) is 15.8 Å². The molecule has 0 radical (unpaired) electrons. The van der Waals surface area contributed by atoms with Gasteiger partial charge in [0.15, 0.2) is 0 Å². The Morgan fingerprint density at radius 3 is 3.00 bits per heavy atom. The van der Waals surface area contributed by atoms with Gasteiger partial charge in [-0.15, -0.1) is 6.58 Å². The number of hydrogen-bond donors (Lipinski definition) is 1. The topological polar surface area (TPSA) is 46.9 Å². The van der Waals surface area contributed by atoms with Crippen molar-refractivity contribution in [3.05, 3.63) is 34.2 Å². The Bertz CT molecular complexity index is 540. The Balaban J connectivity index is 2.19. The largest absolute Gasteiger partial charge is 0.379 e. The second-order valence-corrected chi connectivity index (χ2v) is 6.04. The number of nitrogens with one attached hydrogen (secondary N) is 1. The Kier molecular flexibility index (Phi) is 4.86. The van der Waals surface area contributed by atoms with Crippen LogP contribution >= 0.6 is 11.6 Å². The number of hydrogen-bond acceptors (Lipinski definition) is 3. The molecule has 1 heterocycles. The standard InChI is InChI=1S/C15H22ClN3O/c1-4-8-19-15(20)14(16)13(9-17-19)18-12-7-5-6-10(2)11(12)3/h4,9-12,18H,1,5-8H2,2-3H3. The molecule has 1 aliphatic carbocycles. The second-order valence-electron chi connectivity index (χ2n) is 5.67. The molecule has 0 aliphatic heterocycles. The van der Waals surface area contributed by atoms with Gasteiger partial charge in [-0.1, -0.05) is 44.4 Å². The average molecular weight is 296 g/mol. The highest BCUT2D eigenvalue weighted by molar-refractivity contribution is 6.32. The van der Waals surface area contributed by atoms with E-state index in [1.807, 2.05) is 0 Å². The van der Waals surface area contributed by atoms with E-state index in [2.05, 4.69) is 30.8 Å². The van der Waals surface area contributed by atoms with E-state index in [-0.39, 0.29) is 10.6 Å². The summed E-state index contributed by atoms with van der Waals surface area (Å²) >= 11 is 6.17. The molecule has 0 amide bonds. The van der Waals surface area contributed by atoms with E-state index in [0.717, 1.165) is 6.42 Å². The molecule has 3 atom stereocenters. The van der Waals surface area contributed by atoms with Gasteiger partial charge in [0.05, 0.1) is 18.4 Å². The molecule has 1 N–H and O–H groups in total. The van der Waals surface area contributed by atoms with Crippen LogP contribution in [0.3, 0.4) is 0 Å². The normalized spacial score (nSPS) is 26.2. The van der Waals surface area contributed by atoms with Crippen LogP contribution in [0.2, 0.25) is 5.02 Å². The predicted molar refractivity (Wildman–Crippen MR) is 83.3 cm³/mol. The third-order valence-electron chi connectivity index (χ3n) is 4.33. The summed E-state index contributed by atoms with van der Waals surface area (Å²) in [6.45, 7) is 8.50. The van der Waals surface area contributed by atoms with E-state index < -0.39 is 0 Å². The van der Waals surface area contributed by atoms with Crippen molar-refractivity contribution in [1.29, 1.82) is 0 Å². The molecule has 1 aromatic heterocycles. The smallest absolute Gasteiger partial charge is 0.287 e. The van der Waals surface area contributed by atoms with Crippen molar-refractivity contribution in [2.75, 3.05) is 5.32 Å². The van der Waals surface area contributed by atoms with Crippen molar-refractivity contribution in [3.8, 4) is 0 Å². The van der Waals surface area contributed by atoms with E-state index in [9.17, 15) is 4.79 Å². The summed E-state index contributed by atoms with van der Waals surface area (Å²) in [6.07, 6.45) is 6.85. The van der Waals surface area contributed by atoms with Crippen LogP contribution in [0.1, 0.15) is 33.1 Å². The average Bonchev–Trinajstić information content (AvgIpc) is 2.43. The van der Waals surface area contributed by atoms with E-state index in [1.165, 1.54) is 17.5 Å². The summed E-state index contributed by atoms with van der Waals surface area (Å²) in [5.41, 5.74) is 0.371. The van der Waals surface area contributed by atoms with Crippen molar-refractivity contribution in [2.45, 2.75) is 45.7 Å². The molecule has 5 heteroatoms. The lowest BCUT2D eigenvalue weighted by atomic mass is 9.78. The number of rotatable bonds is 4. The molecule has 2 rings (SSSR count). The van der Waals surface area contributed by atoms with Crippen LogP contribution < -0.4 is 10.9 Å². The van der Waals surface area contributed by atoms with E-state index >= 15 is 0 Å². The molecule has 110 valence electrons. The maximum atomic E-state index is 12.0. The van der Waals surface area contributed by atoms with Crippen molar-refractivity contribution in [1.82, 2.24) is 9.78 Å². The highest BCUT2D eigenvalue weighted by atomic mass is 35.5. The first-order valence-corrected chi connectivity index (χ1v) is 7.55. The minimum atomic E-state index is -0.270. The number of anilines is 1. The van der Waals surface area contributed by atoms with Crippen LogP contribution in [0.25, 0.3) is 0 Å². The third kappa shape index (κ3) is 3.06. The zero-order valence-electron chi connectivity index (χ0n) is 12.1. The SMILES string of the molecule is C=CCn1ncc(NC2CCCC(C)C2C)c(Cl)c1=O. The first kappa shape index (κ1) is 15.1. The van der Waals surface area contributed by atoms with Crippen LogP contribution in [0.5, 0.6) is 0 Å². The predicted octanol–water partition coefficient (Wildman–Crippen LogP) is 3.32. The fourth-order valence-corrected chi connectivity index (χ4v) is 3.00. The van der Waals surface area contributed by atoms with E-state index in [4.69, 9.17) is 11.6 Å². The maximum absolute atomic E-state index is 12.0. The van der Waals surface area contributed by atoms with Crippen LogP contribution in [0, 0.1) is 11.8 Å². The molecular formula is C15H22ClN3O. The molecule has 4 nitrogen and oxygen atoms in total. The maximum Gasteiger partial charge on any atom is 0.287 e. The highest BCUT2D eigenvalue weighted by Crippen LogP contribution is 2.32. The minimum absolute atomic E-state index is 0.215. The molecule has 0 bridgehead atoms. The molecule has 20 heavy (non-hydrogen) atoms. The third-order valence-corrected chi connectivity index (χ3v) is 4.70. The zero-order valence-corrected chi connectivity index (χ0v) is 12.9. The molecule has 3 unspecified atom stereocenters. The molecular weight excluding hydrogens is 274 g/mol. The summed E-state index contributed by atoms with van der Waals surface area (Å²) in [7, 11) is 0. The fraction of sp³-hybridized carbons (Fsp3) is 0.600. The lowest BCUT2D eigenvalue weighted by Gasteiger charge is -2.35. The van der Waals surface area contributed by atoms with Gasteiger partial charge in [-0.3, -0.25) is 4.79 Å². The van der Waals surface area contributed by atoms with Gasteiger partial charge in [-0.2, -0.15) is 5.10 Å². The molecule has 1 fully saturated rings. The van der Waals surface area contributed by atoms with E-state index in [0.29, 0.717) is 30.1 Å². The van der Waals surface area contributed by atoms with Crippen LogP contribution in [0.15, 0.2) is 23.6 Å². The molecule has 0 saturated heterocycles. The fourth-order valence-electron chi connectivity index (χ4n) is 2.80. The van der Waals surface area contributed by atoms with E-state index in [1.54, 1.807) is 12.3 Å². The lowest BCUT2D eigenvalue weighted by molar-refractivity contribution is 0.253. The van der Waals surface area contributed by atoms with Crippen molar-refractivity contribution in [3.63, 3.8) is 0 Å². The summed E-state index contributed by atoms with van der Waals surface area (Å²) in [6, 6.07) is 0.354. The van der Waals surface area contributed by atoms with Gasteiger partial charge in [0.1, 0.15) is 5.02 Å². The summed E-state index contributed by atoms with van der Waals surface area (Å²) in [5.74, 6) is 1.25. The molecule has 0 aromatic carbocycles. The first-order chi connectivity index (χ1) is 9.54. The quantitative estimate of drug-likeness (QED) is 0.867. The summed E-state index contributed by atoms with van der Waals surface area (Å²) in [5, 5.41) is 7.75. The Labute approximate surface area is 124 Å². The van der Waals surface area contributed by atoms with Crippen molar-refractivity contribution in [2.24, 2.45) is 11.8 Å². The second kappa shape index (κ2) is 6.44. The summed E-state index contributed by atoms with van der Waals surface area (Å²) in [4.78, 5) is 12.0. The Morgan fingerprint density at radius 2 is 2.30 bits per heavy atom. The first-order valence-electron chi connectivity index (χ1n) is 7.17. The van der Waals surface area contributed by atoms with Gasteiger partial charge < -0.3 is 5.32 Å². The lowest BCUT2D eigenvalue weighted by Crippen LogP contribution is -2.36. The number of allylic oxidation sites excluding steroid dienone is 1. The Morgan fingerprint density at radius 1 is 1.55 bits per heavy atom.